The van der Waals surface area contributed by atoms with E-state index in [1.54, 1.807) is 6.92 Å². The molecule has 3 nitrogen and oxygen atoms in total. The van der Waals surface area contributed by atoms with Gasteiger partial charge in [0.15, 0.2) is 0 Å². The molecule has 0 bridgehead atoms. The largest absolute Gasteiger partial charge is 0.497 e. The first kappa shape index (κ1) is 16.9. The van der Waals surface area contributed by atoms with E-state index < -0.39 is 0 Å². The van der Waals surface area contributed by atoms with E-state index >= 15 is 0 Å². The smallest absolute Gasteiger partial charge is 0.107 e. The van der Waals surface area contributed by atoms with Crippen LogP contribution in [0.15, 0.2) is 35.6 Å². The Kier molecular flexibility index (Phi) is 8.42. The van der Waals surface area contributed by atoms with Crippen molar-refractivity contribution in [2.45, 2.75) is 20.8 Å². The van der Waals surface area contributed by atoms with Gasteiger partial charge in [-0.1, -0.05) is 29.8 Å². The Bertz CT molecular complexity index is 337. The van der Waals surface area contributed by atoms with Crippen LogP contribution in [0.4, 0.5) is 0 Å². The molecule has 1 rings (SSSR count). The summed E-state index contributed by atoms with van der Waals surface area (Å²) in [5.74, 6) is 0.858. The third-order valence-electron chi connectivity index (χ3n) is 2.68. The minimum absolute atomic E-state index is 0.000880. The van der Waals surface area contributed by atoms with Crippen LogP contribution in [0, 0.1) is 16.7 Å². The zero-order chi connectivity index (χ0) is 14.0. The molecule has 2 atom stereocenters. The summed E-state index contributed by atoms with van der Waals surface area (Å²) >= 11 is 5.65. The van der Waals surface area contributed by atoms with E-state index in [4.69, 9.17) is 26.9 Å². The molecule has 1 aliphatic carbocycles. The molecule has 0 saturated heterocycles. The fourth-order valence-electron chi connectivity index (χ4n) is 1.72. The van der Waals surface area contributed by atoms with Crippen molar-refractivity contribution in [2.75, 3.05) is 13.2 Å². The standard InChI is InChI=1S/C12H16ClNO.C2H6O/c1-3-15-11-6-4-5-10(9-14)12(11,2)7-8-13;1-2-3/h4-10,14H,3H2,1-2H3;3H,2H2,1H3/b8-7+,14-9?;. The Morgan fingerprint density at radius 2 is 2.17 bits per heavy atom. The fourth-order valence-corrected chi connectivity index (χ4v) is 1.98. The van der Waals surface area contributed by atoms with Crippen LogP contribution in [-0.2, 0) is 4.74 Å². The van der Waals surface area contributed by atoms with E-state index in [-0.39, 0.29) is 17.9 Å². The van der Waals surface area contributed by atoms with Gasteiger partial charge in [0, 0.05) is 24.3 Å². The summed E-state index contributed by atoms with van der Waals surface area (Å²) in [6, 6.07) is 0. The summed E-state index contributed by atoms with van der Waals surface area (Å²) in [6.07, 6.45) is 9.12. The molecule has 0 saturated carbocycles. The topological polar surface area (TPSA) is 53.3 Å². The Morgan fingerprint density at radius 1 is 1.56 bits per heavy atom. The molecule has 2 unspecified atom stereocenters. The highest BCUT2D eigenvalue weighted by Gasteiger charge is 2.35. The fraction of sp³-hybridized carbons (Fsp3) is 0.500. The van der Waals surface area contributed by atoms with Gasteiger partial charge < -0.3 is 15.3 Å². The van der Waals surface area contributed by atoms with Crippen molar-refractivity contribution < 1.29 is 9.84 Å². The number of rotatable bonds is 4. The highest BCUT2D eigenvalue weighted by atomic mass is 35.5. The van der Waals surface area contributed by atoms with Crippen LogP contribution < -0.4 is 0 Å². The van der Waals surface area contributed by atoms with Crippen LogP contribution in [0.25, 0.3) is 0 Å². The second-order valence-electron chi connectivity index (χ2n) is 3.93. The highest BCUT2D eigenvalue weighted by Crippen LogP contribution is 2.40. The van der Waals surface area contributed by atoms with Gasteiger partial charge in [-0.25, -0.2) is 0 Å². The number of nitrogens with one attached hydrogen (secondary N) is 1. The van der Waals surface area contributed by atoms with Gasteiger partial charge in [-0.15, -0.1) is 0 Å². The lowest BCUT2D eigenvalue weighted by atomic mass is 9.73. The van der Waals surface area contributed by atoms with E-state index in [9.17, 15) is 0 Å². The molecule has 4 heteroatoms. The zero-order valence-corrected chi connectivity index (χ0v) is 11.9. The van der Waals surface area contributed by atoms with Gasteiger partial charge in [0.25, 0.3) is 0 Å². The molecular formula is C14H22ClNO2. The molecule has 0 heterocycles. The van der Waals surface area contributed by atoms with Gasteiger partial charge >= 0.3 is 0 Å². The van der Waals surface area contributed by atoms with Crippen LogP contribution in [0.5, 0.6) is 0 Å². The number of allylic oxidation sites excluding steroid dienone is 4. The summed E-state index contributed by atoms with van der Waals surface area (Å²) in [4.78, 5) is 0. The maximum absolute atomic E-state index is 7.57. The number of ether oxygens (including phenoxy) is 1. The molecule has 102 valence electrons. The number of aliphatic hydroxyl groups excluding tert-OH is 1. The summed E-state index contributed by atoms with van der Waals surface area (Å²) < 4.78 is 5.58. The first-order valence-corrected chi connectivity index (χ1v) is 6.45. The SMILES string of the molecule is CCO.CCOC1=CC=CC(C=N)C1(C)/C=C/Cl. The third-order valence-corrected chi connectivity index (χ3v) is 2.80. The lowest BCUT2D eigenvalue weighted by molar-refractivity contribution is 0.157. The number of aliphatic hydroxyl groups is 1. The maximum Gasteiger partial charge on any atom is 0.107 e. The van der Waals surface area contributed by atoms with Crippen molar-refractivity contribution >= 4 is 17.8 Å². The van der Waals surface area contributed by atoms with Gasteiger partial charge in [-0.05, 0) is 26.8 Å². The Hall–Kier alpha value is -1.06. The third kappa shape index (κ3) is 4.31. The van der Waals surface area contributed by atoms with Gasteiger partial charge in [-0.2, -0.15) is 0 Å². The monoisotopic (exact) mass is 271 g/mol. The highest BCUT2D eigenvalue weighted by molar-refractivity contribution is 6.25. The predicted octanol–water partition coefficient (Wildman–Crippen LogP) is 3.50. The Morgan fingerprint density at radius 3 is 2.61 bits per heavy atom. The van der Waals surface area contributed by atoms with Gasteiger partial charge in [-0.3, -0.25) is 0 Å². The molecule has 0 fully saturated rings. The first-order chi connectivity index (χ1) is 8.60. The lowest BCUT2D eigenvalue weighted by Gasteiger charge is -2.34. The molecule has 0 spiro atoms. The van der Waals surface area contributed by atoms with Crippen LogP contribution in [0.1, 0.15) is 20.8 Å². The summed E-state index contributed by atoms with van der Waals surface area (Å²) in [5, 5.41) is 15.0. The molecule has 0 aromatic carbocycles. The molecule has 0 aliphatic heterocycles. The minimum atomic E-state index is -0.339. The van der Waals surface area contributed by atoms with E-state index in [0.29, 0.717) is 6.61 Å². The van der Waals surface area contributed by atoms with Crippen LogP contribution in [0.3, 0.4) is 0 Å². The van der Waals surface area contributed by atoms with Crippen LogP contribution in [-0.4, -0.2) is 24.5 Å². The molecule has 0 aromatic heterocycles. The predicted molar refractivity (Wildman–Crippen MR) is 77.0 cm³/mol. The summed E-state index contributed by atoms with van der Waals surface area (Å²) in [5.41, 5.74) is 1.15. The average molecular weight is 272 g/mol. The minimum Gasteiger partial charge on any atom is -0.497 e. The molecule has 0 aromatic rings. The Balaban J connectivity index is 0.000000873. The maximum atomic E-state index is 7.57. The van der Waals surface area contributed by atoms with Crippen LogP contribution in [0.2, 0.25) is 0 Å². The molecule has 0 radical (unpaired) electrons. The van der Waals surface area contributed by atoms with Gasteiger partial charge in [0.1, 0.15) is 5.76 Å². The van der Waals surface area contributed by atoms with E-state index in [1.807, 2.05) is 38.2 Å². The molecule has 0 amide bonds. The Labute approximate surface area is 114 Å². The van der Waals surface area contributed by atoms with Crippen molar-refractivity contribution in [1.29, 1.82) is 5.41 Å². The van der Waals surface area contributed by atoms with E-state index in [2.05, 4.69) is 0 Å². The van der Waals surface area contributed by atoms with Crippen molar-refractivity contribution in [2.24, 2.45) is 11.3 Å². The molecule has 18 heavy (non-hydrogen) atoms. The summed E-state index contributed by atoms with van der Waals surface area (Å²) in [6.45, 7) is 6.52. The quantitative estimate of drug-likeness (QED) is 0.769. The number of halogens is 1. The molecular weight excluding hydrogens is 250 g/mol. The lowest BCUT2D eigenvalue weighted by Crippen LogP contribution is -2.30. The molecule has 1 aliphatic rings. The van der Waals surface area contributed by atoms with Crippen molar-refractivity contribution in [1.82, 2.24) is 0 Å². The summed E-state index contributed by atoms with van der Waals surface area (Å²) in [7, 11) is 0. The normalized spacial score (nSPS) is 26.3. The average Bonchev–Trinajstić information content (AvgIpc) is 2.33. The zero-order valence-electron chi connectivity index (χ0n) is 11.2. The second-order valence-corrected chi connectivity index (χ2v) is 4.18. The number of hydrogen-bond acceptors (Lipinski definition) is 3. The number of hydrogen-bond donors (Lipinski definition) is 2. The van der Waals surface area contributed by atoms with Crippen molar-refractivity contribution in [3.05, 3.63) is 35.6 Å². The van der Waals surface area contributed by atoms with Crippen molar-refractivity contribution in [3.63, 3.8) is 0 Å². The van der Waals surface area contributed by atoms with Crippen LogP contribution >= 0.6 is 11.6 Å². The van der Waals surface area contributed by atoms with Crippen molar-refractivity contribution in [3.8, 4) is 0 Å². The van der Waals surface area contributed by atoms with E-state index in [0.717, 1.165) is 5.76 Å². The molecule has 2 N–H and O–H groups in total. The second kappa shape index (κ2) is 8.95. The van der Waals surface area contributed by atoms with Gasteiger partial charge in [0.05, 0.1) is 12.0 Å². The van der Waals surface area contributed by atoms with Gasteiger partial charge in [0.2, 0.25) is 0 Å². The van der Waals surface area contributed by atoms with E-state index in [1.165, 1.54) is 11.7 Å². The first-order valence-electron chi connectivity index (χ1n) is 6.01.